The number of hydrogen-bond acceptors (Lipinski definition) is 0. The molecule has 0 heterocycles. The summed E-state index contributed by atoms with van der Waals surface area (Å²) in [5.41, 5.74) is 0.813. The Morgan fingerprint density at radius 2 is 1.05 bits per heavy atom. The standard InChI is InChI=1S/C17H38Si4/c1-18(2,3)14-13-15(19(4,5)6)17(21(10,11)12)16(14)20(7,8)9/h13-14H,1-12H3. The van der Waals surface area contributed by atoms with E-state index in [1.807, 2.05) is 15.6 Å². The Labute approximate surface area is 138 Å². The van der Waals surface area contributed by atoms with Crippen LogP contribution in [0.5, 0.6) is 0 Å². The van der Waals surface area contributed by atoms with Crippen LogP contribution < -0.4 is 0 Å². The van der Waals surface area contributed by atoms with E-state index in [0.29, 0.717) is 0 Å². The third-order valence-corrected chi connectivity index (χ3v) is 13.8. The molecular weight excluding hydrogens is 317 g/mol. The maximum absolute atomic E-state index is 2.78. The third-order valence-electron chi connectivity index (χ3n) is 4.48. The molecule has 1 rings (SSSR count). The molecule has 1 aliphatic rings. The Morgan fingerprint density at radius 3 is 1.29 bits per heavy atom. The van der Waals surface area contributed by atoms with E-state index >= 15 is 0 Å². The van der Waals surface area contributed by atoms with Crippen molar-refractivity contribution in [1.29, 1.82) is 0 Å². The van der Waals surface area contributed by atoms with Crippen LogP contribution in [0.15, 0.2) is 21.7 Å². The van der Waals surface area contributed by atoms with E-state index in [1.54, 1.807) is 0 Å². The second-order valence-corrected chi connectivity index (χ2v) is 31.4. The fraction of sp³-hybridized carbons (Fsp3) is 0.765. The van der Waals surface area contributed by atoms with Gasteiger partial charge in [0.1, 0.15) is 0 Å². The van der Waals surface area contributed by atoms with Gasteiger partial charge < -0.3 is 0 Å². The van der Waals surface area contributed by atoms with Crippen LogP contribution in [0.2, 0.25) is 84.1 Å². The molecule has 1 aliphatic carbocycles. The fourth-order valence-electron chi connectivity index (χ4n) is 3.59. The lowest BCUT2D eigenvalue weighted by molar-refractivity contribution is 1.23. The monoisotopic (exact) mass is 354 g/mol. The molecule has 0 N–H and O–H groups in total. The molecule has 0 nitrogen and oxygen atoms in total. The first-order valence-corrected chi connectivity index (χ1v) is 22.5. The van der Waals surface area contributed by atoms with Gasteiger partial charge in [0.15, 0.2) is 0 Å². The van der Waals surface area contributed by atoms with E-state index in [2.05, 4.69) is 84.6 Å². The van der Waals surface area contributed by atoms with Gasteiger partial charge >= 0.3 is 0 Å². The summed E-state index contributed by atoms with van der Waals surface area (Å²) in [5.74, 6) is 0. The zero-order valence-electron chi connectivity index (χ0n) is 16.7. The highest BCUT2D eigenvalue weighted by molar-refractivity contribution is 6.97. The van der Waals surface area contributed by atoms with Crippen LogP contribution in [0.3, 0.4) is 0 Å². The molecule has 21 heavy (non-hydrogen) atoms. The molecular formula is C17H38Si4. The van der Waals surface area contributed by atoms with Gasteiger partial charge in [0.05, 0.1) is 32.3 Å². The van der Waals surface area contributed by atoms with Gasteiger partial charge in [-0.1, -0.05) is 100 Å². The molecule has 122 valence electrons. The first kappa shape index (κ1) is 19.4. The van der Waals surface area contributed by atoms with Gasteiger partial charge in [-0.25, -0.2) is 0 Å². The van der Waals surface area contributed by atoms with Crippen LogP contribution in [0.1, 0.15) is 0 Å². The van der Waals surface area contributed by atoms with E-state index in [0.717, 1.165) is 5.54 Å². The van der Waals surface area contributed by atoms with Crippen LogP contribution in [-0.4, -0.2) is 32.3 Å². The van der Waals surface area contributed by atoms with Crippen molar-refractivity contribution in [3.63, 3.8) is 0 Å². The lowest BCUT2D eigenvalue weighted by Crippen LogP contribution is -2.40. The number of allylic oxidation sites excluding steroid dienone is 4. The van der Waals surface area contributed by atoms with E-state index in [4.69, 9.17) is 0 Å². The zero-order chi connectivity index (χ0) is 17.0. The van der Waals surface area contributed by atoms with Crippen LogP contribution in [0.4, 0.5) is 0 Å². The highest BCUT2D eigenvalue weighted by Crippen LogP contribution is 2.50. The lowest BCUT2D eigenvalue weighted by Gasteiger charge is -2.37. The number of hydrogen-bond donors (Lipinski definition) is 0. The fourth-order valence-corrected chi connectivity index (χ4v) is 18.1. The minimum Gasteiger partial charge on any atom is -0.0813 e. The molecule has 0 aromatic carbocycles. The third kappa shape index (κ3) is 4.21. The van der Waals surface area contributed by atoms with E-state index in [1.165, 1.54) is 0 Å². The molecule has 0 bridgehead atoms. The molecule has 0 saturated heterocycles. The average Bonchev–Trinajstić information content (AvgIpc) is 2.52. The molecule has 0 fully saturated rings. The van der Waals surface area contributed by atoms with Crippen molar-refractivity contribution in [1.82, 2.24) is 0 Å². The van der Waals surface area contributed by atoms with Crippen molar-refractivity contribution in [2.45, 2.75) is 84.1 Å². The van der Waals surface area contributed by atoms with Crippen LogP contribution >= 0.6 is 0 Å². The molecule has 4 heteroatoms. The van der Waals surface area contributed by atoms with Gasteiger partial charge in [0.2, 0.25) is 0 Å². The summed E-state index contributed by atoms with van der Waals surface area (Å²) in [7, 11) is -5.01. The Bertz CT molecular complexity index is 471. The molecule has 0 aromatic rings. The van der Waals surface area contributed by atoms with Crippen LogP contribution in [-0.2, 0) is 0 Å². The second kappa shape index (κ2) is 5.46. The largest absolute Gasteiger partial charge is 0.0813 e. The summed E-state index contributed by atoms with van der Waals surface area (Å²) in [6.45, 7) is 30.8. The van der Waals surface area contributed by atoms with Gasteiger partial charge in [0, 0.05) is 0 Å². The van der Waals surface area contributed by atoms with Crippen molar-refractivity contribution in [3.8, 4) is 0 Å². The van der Waals surface area contributed by atoms with Gasteiger partial charge in [-0.05, 0) is 5.54 Å². The normalized spacial score (nSPS) is 21.9. The Balaban J connectivity index is 3.73. The maximum Gasteiger partial charge on any atom is 0.0770 e. The van der Waals surface area contributed by atoms with Crippen molar-refractivity contribution in [3.05, 3.63) is 21.7 Å². The van der Waals surface area contributed by atoms with Crippen molar-refractivity contribution in [2.24, 2.45) is 0 Å². The van der Waals surface area contributed by atoms with Gasteiger partial charge in [-0.2, -0.15) is 0 Å². The second-order valence-electron chi connectivity index (χ2n) is 11.0. The predicted octanol–water partition coefficient (Wildman–Crippen LogP) is 6.56. The topological polar surface area (TPSA) is 0 Å². The first-order chi connectivity index (χ1) is 8.97. The highest BCUT2D eigenvalue weighted by atomic mass is 28.3. The number of rotatable bonds is 4. The first-order valence-electron chi connectivity index (χ1n) is 8.45. The van der Waals surface area contributed by atoms with Gasteiger partial charge in [-0.15, -0.1) is 0 Å². The Morgan fingerprint density at radius 1 is 0.619 bits per heavy atom. The van der Waals surface area contributed by atoms with Crippen LogP contribution in [0.25, 0.3) is 0 Å². The van der Waals surface area contributed by atoms with E-state index in [9.17, 15) is 0 Å². The Kier molecular flexibility index (Phi) is 5.04. The summed E-state index contributed by atoms with van der Waals surface area (Å²) in [6, 6.07) is 0. The smallest absolute Gasteiger partial charge is 0.0770 e. The zero-order valence-corrected chi connectivity index (χ0v) is 20.7. The average molecular weight is 355 g/mol. The van der Waals surface area contributed by atoms with Crippen molar-refractivity contribution >= 4 is 32.3 Å². The lowest BCUT2D eigenvalue weighted by atomic mass is 10.4. The van der Waals surface area contributed by atoms with E-state index in [-0.39, 0.29) is 0 Å². The van der Waals surface area contributed by atoms with E-state index < -0.39 is 32.3 Å². The summed E-state index contributed by atoms with van der Waals surface area (Å²) in [4.78, 5) is 0. The van der Waals surface area contributed by atoms with Gasteiger partial charge in [0.25, 0.3) is 0 Å². The summed E-state index contributed by atoms with van der Waals surface area (Å²) in [6.07, 6.45) is 2.78. The molecule has 0 aromatic heterocycles. The summed E-state index contributed by atoms with van der Waals surface area (Å²) in [5, 5.41) is 5.71. The molecule has 0 saturated carbocycles. The van der Waals surface area contributed by atoms with Crippen molar-refractivity contribution in [2.75, 3.05) is 0 Å². The quantitative estimate of drug-likeness (QED) is 0.501. The maximum atomic E-state index is 2.78. The minimum absolute atomic E-state index is 0.813. The minimum atomic E-state index is -1.29. The SMILES string of the molecule is C[Si](C)(C)C1=CC([Si](C)(C)C)C([Si](C)(C)C)=C1[Si](C)(C)C. The van der Waals surface area contributed by atoms with Crippen LogP contribution in [0, 0.1) is 0 Å². The molecule has 0 radical (unpaired) electrons. The molecule has 1 unspecified atom stereocenters. The van der Waals surface area contributed by atoms with Gasteiger partial charge in [-0.3, -0.25) is 0 Å². The molecule has 0 amide bonds. The summed E-state index contributed by atoms with van der Waals surface area (Å²) >= 11 is 0. The molecule has 0 spiro atoms. The molecule has 1 atom stereocenters. The predicted molar refractivity (Wildman–Crippen MR) is 112 cm³/mol. The summed E-state index contributed by atoms with van der Waals surface area (Å²) < 4.78 is 0. The Hall–Kier alpha value is 0.348. The van der Waals surface area contributed by atoms with Crippen molar-refractivity contribution < 1.29 is 0 Å². The highest BCUT2D eigenvalue weighted by Gasteiger charge is 2.46. The molecule has 0 aliphatic heterocycles.